The van der Waals surface area contributed by atoms with Gasteiger partial charge in [-0.25, -0.2) is 0 Å². The summed E-state index contributed by atoms with van der Waals surface area (Å²) in [6.07, 6.45) is 0.746. The number of hydrogen-bond acceptors (Lipinski definition) is 3. The minimum atomic E-state index is -0.171. The molecule has 1 aromatic carbocycles. The fourth-order valence-corrected chi connectivity index (χ4v) is 1.64. The lowest BCUT2D eigenvalue weighted by molar-refractivity contribution is -0.115. The van der Waals surface area contributed by atoms with E-state index in [1.807, 2.05) is 6.92 Å². The molecule has 2 rings (SSSR count). The van der Waals surface area contributed by atoms with Gasteiger partial charge in [-0.05, 0) is 18.6 Å². The molecule has 0 aromatic heterocycles. The Morgan fingerprint density at radius 3 is 2.82 bits per heavy atom. The monoisotopic (exact) mass is 299 g/mol. The number of halogens is 1. The lowest BCUT2D eigenvalue weighted by Gasteiger charge is -2.19. The molecule has 1 aliphatic heterocycles. The number of carbonyl (C=O) groups excluding carboxylic acids is 1. The zero-order valence-corrected chi connectivity index (χ0v) is 11.1. The third-order valence-electron chi connectivity index (χ3n) is 2.45. The summed E-state index contributed by atoms with van der Waals surface area (Å²) in [6, 6.07) is 5.39. The maximum absolute atomic E-state index is 11.7. The Balaban J connectivity index is 2.09. The summed E-state index contributed by atoms with van der Waals surface area (Å²) in [6.45, 7) is 3.06. The summed E-state index contributed by atoms with van der Waals surface area (Å²) in [5, 5.41) is 2.82. The SMILES string of the molecule is CC[C@@H](Br)C(=O)Nc1ccc2c(c1)OCCO2. The van der Waals surface area contributed by atoms with Crippen molar-refractivity contribution in [3.8, 4) is 11.5 Å². The Bertz CT molecular complexity index is 422. The van der Waals surface area contributed by atoms with Gasteiger partial charge in [0.2, 0.25) is 5.91 Å². The van der Waals surface area contributed by atoms with Crippen LogP contribution in [-0.2, 0) is 4.79 Å². The van der Waals surface area contributed by atoms with Crippen molar-refractivity contribution in [2.75, 3.05) is 18.5 Å². The van der Waals surface area contributed by atoms with Crippen LogP contribution in [0.3, 0.4) is 0 Å². The van der Waals surface area contributed by atoms with E-state index in [1.165, 1.54) is 0 Å². The van der Waals surface area contributed by atoms with Crippen LogP contribution >= 0.6 is 15.9 Å². The van der Waals surface area contributed by atoms with Crippen molar-refractivity contribution in [3.05, 3.63) is 18.2 Å². The molecule has 0 radical (unpaired) electrons. The van der Waals surface area contributed by atoms with Crippen LogP contribution in [0.2, 0.25) is 0 Å². The number of alkyl halides is 1. The Morgan fingerprint density at radius 1 is 1.41 bits per heavy atom. The third kappa shape index (κ3) is 2.91. The van der Waals surface area contributed by atoms with Crippen LogP contribution in [0.1, 0.15) is 13.3 Å². The van der Waals surface area contributed by atoms with E-state index in [0.717, 1.165) is 17.9 Å². The van der Waals surface area contributed by atoms with Gasteiger partial charge < -0.3 is 14.8 Å². The van der Waals surface area contributed by atoms with E-state index in [0.29, 0.717) is 19.0 Å². The van der Waals surface area contributed by atoms with Gasteiger partial charge in [0.15, 0.2) is 11.5 Å². The zero-order valence-electron chi connectivity index (χ0n) is 9.53. The molecular formula is C12H14BrNO3. The average molecular weight is 300 g/mol. The Kier molecular flexibility index (Phi) is 3.89. The van der Waals surface area contributed by atoms with Crippen molar-refractivity contribution in [2.24, 2.45) is 0 Å². The van der Waals surface area contributed by atoms with Gasteiger partial charge in [0.1, 0.15) is 13.2 Å². The molecule has 1 atom stereocenters. The fourth-order valence-electron chi connectivity index (χ4n) is 1.53. The molecule has 0 saturated heterocycles. The van der Waals surface area contributed by atoms with Crippen molar-refractivity contribution < 1.29 is 14.3 Å². The second-order valence-corrected chi connectivity index (χ2v) is 4.83. The molecule has 1 aliphatic rings. The maximum Gasteiger partial charge on any atom is 0.238 e. The van der Waals surface area contributed by atoms with Crippen molar-refractivity contribution in [3.63, 3.8) is 0 Å². The van der Waals surface area contributed by atoms with E-state index in [4.69, 9.17) is 9.47 Å². The van der Waals surface area contributed by atoms with E-state index >= 15 is 0 Å². The smallest absolute Gasteiger partial charge is 0.238 e. The van der Waals surface area contributed by atoms with Gasteiger partial charge in [-0.1, -0.05) is 22.9 Å². The topological polar surface area (TPSA) is 47.6 Å². The summed E-state index contributed by atoms with van der Waals surface area (Å²) in [5.41, 5.74) is 0.720. The van der Waals surface area contributed by atoms with Gasteiger partial charge in [-0.15, -0.1) is 0 Å². The zero-order chi connectivity index (χ0) is 12.3. The highest BCUT2D eigenvalue weighted by Gasteiger charge is 2.15. The predicted molar refractivity (Wildman–Crippen MR) is 69.1 cm³/mol. The van der Waals surface area contributed by atoms with Crippen LogP contribution in [0, 0.1) is 0 Å². The lowest BCUT2D eigenvalue weighted by Crippen LogP contribution is -2.22. The lowest BCUT2D eigenvalue weighted by atomic mass is 10.2. The summed E-state index contributed by atoms with van der Waals surface area (Å²) < 4.78 is 10.8. The van der Waals surface area contributed by atoms with Crippen molar-refractivity contribution in [1.29, 1.82) is 0 Å². The first-order chi connectivity index (χ1) is 8.20. The molecule has 1 amide bonds. The van der Waals surface area contributed by atoms with E-state index in [-0.39, 0.29) is 10.7 Å². The van der Waals surface area contributed by atoms with Gasteiger partial charge in [0.05, 0.1) is 4.83 Å². The highest BCUT2D eigenvalue weighted by Crippen LogP contribution is 2.32. The number of fused-ring (bicyclic) bond motifs is 1. The number of nitrogens with one attached hydrogen (secondary N) is 1. The normalized spacial score (nSPS) is 15.2. The number of amides is 1. The molecule has 0 aliphatic carbocycles. The minimum Gasteiger partial charge on any atom is -0.486 e. The molecule has 1 aromatic rings. The minimum absolute atomic E-state index is 0.0517. The summed E-state index contributed by atoms with van der Waals surface area (Å²) in [7, 11) is 0. The second kappa shape index (κ2) is 5.40. The second-order valence-electron chi connectivity index (χ2n) is 3.72. The van der Waals surface area contributed by atoms with Crippen LogP contribution in [0.15, 0.2) is 18.2 Å². The van der Waals surface area contributed by atoms with Crippen molar-refractivity contribution in [2.45, 2.75) is 18.2 Å². The average Bonchev–Trinajstić information content (AvgIpc) is 2.37. The summed E-state index contributed by atoms with van der Waals surface area (Å²) in [4.78, 5) is 11.5. The molecule has 5 heteroatoms. The molecule has 0 fully saturated rings. The van der Waals surface area contributed by atoms with E-state index in [1.54, 1.807) is 18.2 Å². The van der Waals surface area contributed by atoms with Crippen molar-refractivity contribution >= 4 is 27.5 Å². The highest BCUT2D eigenvalue weighted by molar-refractivity contribution is 9.10. The predicted octanol–water partition coefficient (Wildman–Crippen LogP) is 2.57. The molecule has 0 unspecified atom stereocenters. The molecule has 0 saturated carbocycles. The van der Waals surface area contributed by atoms with Gasteiger partial charge in [0.25, 0.3) is 0 Å². The molecule has 0 spiro atoms. The maximum atomic E-state index is 11.7. The van der Waals surface area contributed by atoms with Gasteiger partial charge in [-0.3, -0.25) is 4.79 Å². The van der Waals surface area contributed by atoms with Gasteiger partial charge in [-0.2, -0.15) is 0 Å². The first kappa shape index (κ1) is 12.2. The first-order valence-electron chi connectivity index (χ1n) is 5.55. The number of hydrogen-bond donors (Lipinski definition) is 1. The molecular weight excluding hydrogens is 286 g/mol. The molecule has 17 heavy (non-hydrogen) atoms. The largest absolute Gasteiger partial charge is 0.486 e. The Morgan fingerprint density at radius 2 is 2.12 bits per heavy atom. The summed E-state index contributed by atoms with van der Waals surface area (Å²) in [5.74, 6) is 1.35. The van der Waals surface area contributed by atoms with Crippen LogP contribution < -0.4 is 14.8 Å². The van der Waals surface area contributed by atoms with Crippen LogP contribution in [-0.4, -0.2) is 23.9 Å². The fraction of sp³-hybridized carbons (Fsp3) is 0.417. The van der Waals surface area contributed by atoms with Crippen molar-refractivity contribution in [1.82, 2.24) is 0 Å². The van der Waals surface area contributed by atoms with Crippen LogP contribution in [0.25, 0.3) is 0 Å². The van der Waals surface area contributed by atoms with E-state index < -0.39 is 0 Å². The standard InChI is InChI=1S/C12H14BrNO3/c1-2-9(13)12(15)14-8-3-4-10-11(7-8)17-6-5-16-10/h3-4,7,9H,2,5-6H2,1H3,(H,14,15)/t9-/m1/s1. The van der Waals surface area contributed by atoms with Gasteiger partial charge in [0, 0.05) is 11.8 Å². The Labute approximate surface area is 108 Å². The number of carbonyl (C=O) groups is 1. The van der Waals surface area contributed by atoms with Crippen LogP contribution in [0.4, 0.5) is 5.69 Å². The number of anilines is 1. The molecule has 1 N–H and O–H groups in total. The quantitative estimate of drug-likeness (QED) is 0.873. The molecule has 1 heterocycles. The number of ether oxygens (including phenoxy) is 2. The highest BCUT2D eigenvalue weighted by atomic mass is 79.9. The van der Waals surface area contributed by atoms with Gasteiger partial charge >= 0.3 is 0 Å². The van der Waals surface area contributed by atoms with E-state index in [9.17, 15) is 4.79 Å². The van der Waals surface area contributed by atoms with Crippen LogP contribution in [0.5, 0.6) is 11.5 Å². The number of rotatable bonds is 3. The molecule has 0 bridgehead atoms. The Hall–Kier alpha value is -1.23. The number of benzene rings is 1. The van der Waals surface area contributed by atoms with E-state index in [2.05, 4.69) is 21.2 Å². The first-order valence-corrected chi connectivity index (χ1v) is 6.47. The third-order valence-corrected chi connectivity index (χ3v) is 3.52. The molecule has 4 nitrogen and oxygen atoms in total. The molecule has 92 valence electrons. The summed E-state index contributed by atoms with van der Waals surface area (Å²) >= 11 is 3.31.